The number of carbonyl (C=O) groups excluding carboxylic acids is 6. The van der Waals surface area contributed by atoms with Crippen LogP contribution < -0.4 is 26.4 Å². The molecule has 1 aliphatic heterocycles. The third-order valence-electron chi connectivity index (χ3n) is 11.8. The van der Waals surface area contributed by atoms with E-state index in [-0.39, 0.29) is 60.2 Å². The summed E-state index contributed by atoms with van der Waals surface area (Å²) in [6.45, 7) is 13.6. The Bertz CT molecular complexity index is 1890. The maximum Gasteiger partial charge on any atom is 0.412 e. The molecule has 4 amide bonds. The molecule has 1 saturated heterocycles. The van der Waals surface area contributed by atoms with Gasteiger partial charge in [-0.3, -0.25) is 33.7 Å². The lowest BCUT2D eigenvalue weighted by Gasteiger charge is -2.39. The van der Waals surface area contributed by atoms with Crippen molar-refractivity contribution in [2.75, 3.05) is 33.4 Å². The molecule has 7 atom stereocenters. The highest BCUT2D eigenvalue weighted by Crippen LogP contribution is 2.32. The van der Waals surface area contributed by atoms with Crippen LogP contribution in [-0.2, 0) is 39.9 Å². The van der Waals surface area contributed by atoms with Crippen LogP contribution in [0.4, 0.5) is 4.79 Å². The Kier molecular flexibility index (Phi) is 23.5. The van der Waals surface area contributed by atoms with Gasteiger partial charge in [-0.05, 0) is 94.6 Å². The minimum absolute atomic E-state index is 0.0103. The molecule has 1 fully saturated rings. The van der Waals surface area contributed by atoms with Crippen molar-refractivity contribution < 1.29 is 52.9 Å². The first kappa shape index (κ1) is 55.2. The minimum Gasteiger partial charge on any atom is -0.481 e. The molecule has 0 bridgehead atoms. The number of unbranched alkanes of at least 4 members (excludes halogenated alkanes) is 1. The smallest absolute Gasteiger partial charge is 0.412 e. The number of aromatic nitrogens is 1. The van der Waals surface area contributed by atoms with Crippen LogP contribution in [0.5, 0.6) is 5.75 Å². The molecule has 0 radical (unpaired) electrons. The van der Waals surface area contributed by atoms with Crippen molar-refractivity contribution in [1.29, 1.82) is 0 Å². The molecule has 1 aromatic heterocycles. The molecule has 3 rings (SSSR count). The van der Waals surface area contributed by atoms with Crippen molar-refractivity contribution in [2.45, 2.75) is 149 Å². The number of carbonyl (C=O) groups is 7. The van der Waals surface area contributed by atoms with Gasteiger partial charge in [-0.1, -0.05) is 66.5 Å². The first-order valence-corrected chi connectivity index (χ1v) is 24.1. The van der Waals surface area contributed by atoms with Gasteiger partial charge in [-0.15, -0.1) is 11.3 Å². The number of piperidine rings is 1. The number of hydrogen-bond acceptors (Lipinski definition) is 14. The van der Waals surface area contributed by atoms with E-state index in [1.807, 2.05) is 46.6 Å². The quantitative estimate of drug-likeness (QED) is 0.0417. The van der Waals surface area contributed by atoms with Crippen LogP contribution >= 0.6 is 11.3 Å². The lowest BCUT2D eigenvalue weighted by atomic mass is 9.92. The third-order valence-corrected chi connectivity index (χ3v) is 12.8. The van der Waals surface area contributed by atoms with Crippen LogP contribution in [0.3, 0.4) is 0 Å². The highest BCUT2D eigenvalue weighted by Gasteiger charge is 2.39. The van der Waals surface area contributed by atoms with Gasteiger partial charge in [0.1, 0.15) is 22.5 Å². The van der Waals surface area contributed by atoms with Gasteiger partial charge in [0.25, 0.3) is 5.91 Å². The fourth-order valence-electron chi connectivity index (χ4n) is 7.74. The second-order valence-electron chi connectivity index (χ2n) is 17.6. The average molecular weight is 944 g/mol. The van der Waals surface area contributed by atoms with Crippen LogP contribution in [0.15, 0.2) is 29.6 Å². The molecule has 6 N–H and O–H groups in total. The normalized spacial score (nSPS) is 16.7. The van der Waals surface area contributed by atoms with Crippen molar-refractivity contribution in [2.24, 2.45) is 23.5 Å². The molecular formula is C47H73N7O11S. The SMILES string of the molecule is CCCC(=O)OCN(C(=O)[C@@H](NC(=O)[C@H]1CCCCN1C)[C@@H](C)CC)[C@H](C[C@@H](OC(C)=O)c1nc(C(=O)N[C@@H](Cc2ccc(OC(=O)NCCCCN)cc2)C[C@H](C)C(=O)O)cs1)C(C)C. The summed E-state index contributed by atoms with van der Waals surface area (Å²) in [5, 5.41) is 20.2. The zero-order chi connectivity index (χ0) is 48.9. The van der Waals surface area contributed by atoms with Crippen molar-refractivity contribution >= 4 is 53.1 Å². The van der Waals surface area contributed by atoms with Gasteiger partial charge in [0, 0.05) is 43.8 Å². The van der Waals surface area contributed by atoms with Crippen molar-refractivity contribution in [3.05, 3.63) is 45.9 Å². The van der Waals surface area contributed by atoms with Gasteiger partial charge in [0.2, 0.25) is 11.8 Å². The fraction of sp³-hybridized carbons (Fsp3) is 0.660. The molecule has 18 nitrogen and oxygen atoms in total. The minimum atomic E-state index is -1.03. The number of esters is 2. The number of amides is 4. The van der Waals surface area contributed by atoms with Gasteiger partial charge in [0.05, 0.1) is 12.0 Å². The Hall–Kier alpha value is -5.14. The van der Waals surface area contributed by atoms with Crippen molar-refractivity contribution in [3.63, 3.8) is 0 Å². The first-order chi connectivity index (χ1) is 31.4. The van der Waals surface area contributed by atoms with Crippen LogP contribution in [0.2, 0.25) is 0 Å². The standard InChI is InChI=1S/C47H73N7O11S/c1-9-15-40(56)63-28-54(45(59)41(30(5)10-2)52-43(58)37-16-11-14-23-53(37)8)38(29(3)4)26-39(64-32(7)55)44-51-36(27-66-44)42(57)50-34(24-31(6)46(60)61)25-33-17-19-35(20-18-33)65-47(62)49-22-13-12-21-48/h17-20,27,29-31,34,37-39,41H,9-16,21-26,28,48H2,1-8H3,(H,49,62)(H,50,57)(H,52,58)(H,60,61)/t30-,31-,34+,37+,38+,39+,41-/m0/s1. The van der Waals surface area contributed by atoms with Crippen molar-refractivity contribution in [3.8, 4) is 5.75 Å². The maximum atomic E-state index is 14.8. The molecule has 1 aliphatic rings. The summed E-state index contributed by atoms with van der Waals surface area (Å²) in [6.07, 6.45) is 4.01. The van der Waals surface area contributed by atoms with Gasteiger partial charge in [0.15, 0.2) is 12.8 Å². The predicted octanol–water partition coefficient (Wildman–Crippen LogP) is 5.59. The number of carboxylic acid groups (broad SMARTS) is 1. The van der Waals surface area contributed by atoms with Crippen LogP contribution in [-0.4, -0.2) is 119 Å². The highest BCUT2D eigenvalue weighted by atomic mass is 32.1. The second-order valence-corrected chi connectivity index (χ2v) is 18.5. The number of aliphatic carboxylic acids is 1. The van der Waals surface area contributed by atoms with E-state index in [1.165, 1.54) is 17.2 Å². The van der Waals surface area contributed by atoms with E-state index < -0.39 is 72.7 Å². The molecule has 19 heteroatoms. The van der Waals surface area contributed by atoms with Crippen molar-refractivity contribution in [1.82, 2.24) is 30.7 Å². The molecule has 1 aromatic carbocycles. The summed E-state index contributed by atoms with van der Waals surface area (Å²) in [4.78, 5) is 100.0. The topological polar surface area (TPSA) is 249 Å². The zero-order valence-electron chi connectivity index (χ0n) is 40.0. The van der Waals surface area contributed by atoms with Gasteiger partial charge >= 0.3 is 24.0 Å². The number of rotatable bonds is 27. The van der Waals surface area contributed by atoms with E-state index in [2.05, 4.69) is 20.9 Å². The number of nitrogens with two attached hydrogens (primary N) is 1. The van der Waals surface area contributed by atoms with E-state index in [0.29, 0.717) is 38.1 Å². The second kappa shape index (κ2) is 28.1. The van der Waals surface area contributed by atoms with Gasteiger partial charge < -0.3 is 45.9 Å². The summed E-state index contributed by atoms with van der Waals surface area (Å²) < 4.78 is 16.9. The highest BCUT2D eigenvalue weighted by molar-refractivity contribution is 7.09. The Morgan fingerprint density at radius 3 is 2.32 bits per heavy atom. The number of likely N-dealkylation sites (N-methyl/N-ethyl adjacent to an activating group) is 1. The van der Waals surface area contributed by atoms with E-state index in [9.17, 15) is 38.7 Å². The number of thiazole rings is 1. The number of carboxylic acids is 1. The average Bonchev–Trinajstić information content (AvgIpc) is 3.77. The predicted molar refractivity (Wildman–Crippen MR) is 249 cm³/mol. The summed E-state index contributed by atoms with van der Waals surface area (Å²) in [6, 6.07) is 4.00. The largest absolute Gasteiger partial charge is 0.481 e. The molecule has 0 saturated carbocycles. The van der Waals surface area contributed by atoms with Crippen LogP contribution in [0.25, 0.3) is 0 Å². The molecule has 0 spiro atoms. The molecule has 66 heavy (non-hydrogen) atoms. The molecular weight excluding hydrogens is 871 g/mol. The van der Waals surface area contributed by atoms with E-state index in [1.54, 1.807) is 31.2 Å². The van der Waals surface area contributed by atoms with E-state index >= 15 is 0 Å². The fourth-order valence-corrected chi connectivity index (χ4v) is 8.58. The summed E-state index contributed by atoms with van der Waals surface area (Å²) in [7, 11) is 1.90. The van der Waals surface area contributed by atoms with Gasteiger partial charge in [-0.25, -0.2) is 9.78 Å². The lowest BCUT2D eigenvalue weighted by molar-refractivity contribution is -0.160. The monoisotopic (exact) mass is 944 g/mol. The number of likely N-dealkylation sites (tertiary alicyclic amines) is 1. The Morgan fingerprint density at radius 2 is 1.71 bits per heavy atom. The Labute approximate surface area is 393 Å². The Morgan fingerprint density at radius 1 is 1.00 bits per heavy atom. The maximum absolute atomic E-state index is 14.8. The van der Waals surface area contributed by atoms with Crippen LogP contribution in [0, 0.1) is 17.8 Å². The molecule has 0 unspecified atom stereocenters. The number of benzene rings is 1. The van der Waals surface area contributed by atoms with E-state index in [4.69, 9.17) is 19.9 Å². The van der Waals surface area contributed by atoms with Gasteiger partial charge in [-0.2, -0.15) is 0 Å². The summed E-state index contributed by atoms with van der Waals surface area (Å²) in [5.74, 6) is -4.47. The lowest BCUT2D eigenvalue weighted by Crippen LogP contribution is -2.59. The van der Waals surface area contributed by atoms with Crippen LogP contribution in [0.1, 0.15) is 140 Å². The zero-order valence-corrected chi connectivity index (χ0v) is 40.8. The Balaban J connectivity index is 1.89. The molecule has 368 valence electrons. The third kappa shape index (κ3) is 17.9. The van der Waals surface area contributed by atoms with E-state index in [0.717, 1.165) is 49.1 Å². The number of nitrogens with one attached hydrogen (secondary N) is 3. The molecule has 0 aliphatic carbocycles. The summed E-state index contributed by atoms with van der Waals surface area (Å²) in [5.41, 5.74) is 6.26. The molecule has 2 heterocycles. The summed E-state index contributed by atoms with van der Waals surface area (Å²) >= 11 is 1.08. The molecule has 2 aromatic rings. The number of ether oxygens (including phenoxy) is 3. The first-order valence-electron chi connectivity index (χ1n) is 23.3. The number of nitrogens with zero attached hydrogens (tertiary/aromatic N) is 3. The number of hydrogen-bond donors (Lipinski definition) is 5.